The Morgan fingerprint density at radius 3 is 2.64 bits per heavy atom. The molecular formula is C10H19N3O. The highest BCUT2D eigenvalue weighted by Gasteiger charge is 2.26. The van der Waals surface area contributed by atoms with Gasteiger partial charge >= 0.3 is 0 Å². The zero-order valence-corrected chi connectivity index (χ0v) is 9.37. The van der Waals surface area contributed by atoms with E-state index in [4.69, 9.17) is 10.3 Å². The van der Waals surface area contributed by atoms with Crippen LogP contribution in [0.5, 0.6) is 0 Å². The van der Waals surface area contributed by atoms with Gasteiger partial charge in [-0.05, 0) is 6.42 Å². The zero-order valence-electron chi connectivity index (χ0n) is 9.37. The first kappa shape index (κ1) is 11.2. The summed E-state index contributed by atoms with van der Waals surface area (Å²) < 4.78 is 5.23. The molecule has 1 heterocycles. The van der Waals surface area contributed by atoms with E-state index in [1.165, 1.54) is 0 Å². The molecule has 1 unspecified atom stereocenters. The molecule has 0 bridgehead atoms. The SMILES string of the molecule is CCC(C)(C)c1nc(C(C)CN)no1. The molecule has 0 radical (unpaired) electrons. The number of rotatable bonds is 4. The molecule has 0 saturated carbocycles. The summed E-state index contributed by atoms with van der Waals surface area (Å²) in [6.45, 7) is 8.84. The Kier molecular flexibility index (Phi) is 3.26. The summed E-state index contributed by atoms with van der Waals surface area (Å²) in [4.78, 5) is 4.37. The average molecular weight is 197 g/mol. The second-order valence-corrected chi connectivity index (χ2v) is 4.33. The van der Waals surface area contributed by atoms with Crippen molar-refractivity contribution in [2.24, 2.45) is 5.73 Å². The van der Waals surface area contributed by atoms with Crippen molar-refractivity contribution in [1.29, 1.82) is 0 Å². The first-order valence-electron chi connectivity index (χ1n) is 5.05. The first-order valence-corrected chi connectivity index (χ1v) is 5.05. The van der Waals surface area contributed by atoms with E-state index in [-0.39, 0.29) is 11.3 Å². The second kappa shape index (κ2) is 4.09. The third-order valence-corrected chi connectivity index (χ3v) is 2.70. The summed E-state index contributed by atoms with van der Waals surface area (Å²) in [5, 5.41) is 3.94. The maximum atomic E-state index is 5.53. The molecule has 0 fully saturated rings. The Hall–Kier alpha value is -0.900. The van der Waals surface area contributed by atoms with Crippen LogP contribution < -0.4 is 5.73 Å². The van der Waals surface area contributed by atoms with Gasteiger partial charge in [0.15, 0.2) is 5.82 Å². The van der Waals surface area contributed by atoms with Gasteiger partial charge in [0, 0.05) is 17.9 Å². The molecule has 0 aliphatic carbocycles. The van der Waals surface area contributed by atoms with Gasteiger partial charge in [-0.1, -0.05) is 32.9 Å². The Morgan fingerprint density at radius 2 is 2.14 bits per heavy atom. The standard InChI is InChI=1S/C10H19N3O/c1-5-10(3,4)9-12-8(13-14-9)7(2)6-11/h7H,5-6,11H2,1-4H3. The summed E-state index contributed by atoms with van der Waals surface area (Å²) >= 11 is 0. The maximum absolute atomic E-state index is 5.53. The summed E-state index contributed by atoms with van der Waals surface area (Å²) in [6.07, 6.45) is 0.978. The maximum Gasteiger partial charge on any atom is 0.232 e. The van der Waals surface area contributed by atoms with Crippen LogP contribution in [0.4, 0.5) is 0 Å². The normalized spacial score (nSPS) is 14.4. The third-order valence-electron chi connectivity index (χ3n) is 2.70. The second-order valence-electron chi connectivity index (χ2n) is 4.33. The predicted octanol–water partition coefficient (Wildman–Crippen LogP) is 1.82. The monoisotopic (exact) mass is 197 g/mol. The lowest BCUT2D eigenvalue weighted by Crippen LogP contribution is -2.16. The molecule has 14 heavy (non-hydrogen) atoms. The van der Waals surface area contributed by atoms with Crippen molar-refractivity contribution >= 4 is 0 Å². The van der Waals surface area contributed by atoms with Gasteiger partial charge in [-0.2, -0.15) is 4.98 Å². The number of nitrogens with zero attached hydrogens (tertiary/aromatic N) is 2. The van der Waals surface area contributed by atoms with Gasteiger partial charge in [0.2, 0.25) is 5.89 Å². The third kappa shape index (κ3) is 2.12. The van der Waals surface area contributed by atoms with E-state index in [9.17, 15) is 0 Å². The summed E-state index contributed by atoms with van der Waals surface area (Å²) in [7, 11) is 0. The predicted molar refractivity (Wildman–Crippen MR) is 55.1 cm³/mol. The van der Waals surface area contributed by atoms with E-state index >= 15 is 0 Å². The average Bonchev–Trinajstić information content (AvgIpc) is 2.66. The van der Waals surface area contributed by atoms with Gasteiger partial charge in [-0.15, -0.1) is 0 Å². The summed E-state index contributed by atoms with van der Waals surface area (Å²) in [6, 6.07) is 0. The minimum Gasteiger partial charge on any atom is -0.339 e. The van der Waals surface area contributed by atoms with Gasteiger partial charge in [0.1, 0.15) is 0 Å². The molecule has 0 aliphatic heterocycles. The molecule has 0 aliphatic rings. The molecule has 4 nitrogen and oxygen atoms in total. The molecule has 0 spiro atoms. The van der Waals surface area contributed by atoms with Gasteiger partial charge in [-0.25, -0.2) is 0 Å². The van der Waals surface area contributed by atoms with Crippen LogP contribution in [0.1, 0.15) is 51.7 Å². The van der Waals surface area contributed by atoms with Crippen molar-refractivity contribution in [2.75, 3.05) is 6.54 Å². The molecular weight excluding hydrogens is 178 g/mol. The van der Waals surface area contributed by atoms with Gasteiger partial charge in [-0.3, -0.25) is 0 Å². The highest BCUT2D eigenvalue weighted by Crippen LogP contribution is 2.25. The lowest BCUT2D eigenvalue weighted by Gasteiger charge is -2.16. The van der Waals surface area contributed by atoms with Crippen LogP contribution in [-0.4, -0.2) is 16.7 Å². The summed E-state index contributed by atoms with van der Waals surface area (Å²) in [5.41, 5.74) is 5.49. The van der Waals surface area contributed by atoms with Crippen molar-refractivity contribution in [3.05, 3.63) is 11.7 Å². The number of aromatic nitrogens is 2. The molecule has 0 saturated heterocycles. The molecule has 0 amide bonds. The van der Waals surface area contributed by atoms with Crippen LogP contribution >= 0.6 is 0 Å². The Bertz CT molecular complexity index is 293. The molecule has 4 heteroatoms. The fourth-order valence-electron chi connectivity index (χ4n) is 0.967. The van der Waals surface area contributed by atoms with Crippen LogP contribution in [0, 0.1) is 0 Å². The van der Waals surface area contributed by atoms with Crippen molar-refractivity contribution in [1.82, 2.24) is 10.1 Å². The lowest BCUT2D eigenvalue weighted by molar-refractivity contribution is 0.299. The molecule has 1 atom stereocenters. The van der Waals surface area contributed by atoms with Crippen LogP contribution in [0.3, 0.4) is 0 Å². The first-order chi connectivity index (χ1) is 6.51. The number of hydrogen-bond donors (Lipinski definition) is 1. The van der Waals surface area contributed by atoms with Crippen molar-refractivity contribution in [3.8, 4) is 0 Å². The largest absolute Gasteiger partial charge is 0.339 e. The van der Waals surface area contributed by atoms with Gasteiger partial charge in [0.25, 0.3) is 0 Å². The number of nitrogens with two attached hydrogens (primary N) is 1. The lowest BCUT2D eigenvalue weighted by atomic mass is 9.90. The minimum absolute atomic E-state index is 0.0421. The van der Waals surface area contributed by atoms with Crippen LogP contribution in [0.15, 0.2) is 4.52 Å². The van der Waals surface area contributed by atoms with Gasteiger partial charge < -0.3 is 10.3 Å². The van der Waals surface area contributed by atoms with E-state index in [1.54, 1.807) is 0 Å². The molecule has 1 aromatic heterocycles. The van der Waals surface area contributed by atoms with Crippen molar-refractivity contribution in [2.45, 2.75) is 45.4 Å². The Balaban J connectivity index is 2.88. The van der Waals surface area contributed by atoms with E-state index in [0.29, 0.717) is 18.3 Å². The van der Waals surface area contributed by atoms with Crippen LogP contribution in [-0.2, 0) is 5.41 Å². The zero-order chi connectivity index (χ0) is 10.8. The van der Waals surface area contributed by atoms with E-state index in [1.807, 2.05) is 6.92 Å². The highest BCUT2D eigenvalue weighted by molar-refractivity contribution is 5.02. The van der Waals surface area contributed by atoms with Crippen LogP contribution in [0.2, 0.25) is 0 Å². The fourth-order valence-corrected chi connectivity index (χ4v) is 0.967. The number of hydrogen-bond acceptors (Lipinski definition) is 4. The van der Waals surface area contributed by atoms with Gasteiger partial charge in [0.05, 0.1) is 0 Å². The fraction of sp³-hybridized carbons (Fsp3) is 0.800. The highest BCUT2D eigenvalue weighted by atomic mass is 16.5. The Morgan fingerprint density at radius 1 is 1.50 bits per heavy atom. The molecule has 1 rings (SSSR count). The molecule has 2 N–H and O–H groups in total. The van der Waals surface area contributed by atoms with Crippen molar-refractivity contribution in [3.63, 3.8) is 0 Å². The molecule has 80 valence electrons. The van der Waals surface area contributed by atoms with E-state index < -0.39 is 0 Å². The molecule has 0 aromatic carbocycles. The molecule has 1 aromatic rings. The Labute approximate surface area is 84.9 Å². The summed E-state index contributed by atoms with van der Waals surface area (Å²) in [5.74, 6) is 1.58. The smallest absolute Gasteiger partial charge is 0.232 e. The topological polar surface area (TPSA) is 64.9 Å². The quantitative estimate of drug-likeness (QED) is 0.799. The van der Waals surface area contributed by atoms with E-state index in [2.05, 4.69) is 30.9 Å². The van der Waals surface area contributed by atoms with Crippen molar-refractivity contribution < 1.29 is 4.52 Å². The van der Waals surface area contributed by atoms with E-state index in [0.717, 1.165) is 6.42 Å². The van der Waals surface area contributed by atoms with Crippen LogP contribution in [0.25, 0.3) is 0 Å². The minimum atomic E-state index is -0.0421.